The van der Waals surface area contributed by atoms with Crippen LogP contribution in [0.25, 0.3) is 0 Å². The summed E-state index contributed by atoms with van der Waals surface area (Å²) in [6.07, 6.45) is 0.611. The largest absolute Gasteiger partial charge is 0.493 e. The summed E-state index contributed by atoms with van der Waals surface area (Å²) in [5.41, 5.74) is -0.0659. The minimum atomic E-state index is -1.30. The molecule has 200 valence electrons. The molecule has 0 spiro atoms. The van der Waals surface area contributed by atoms with Gasteiger partial charge in [0.1, 0.15) is 5.41 Å². The second-order valence-corrected chi connectivity index (χ2v) is 9.59. The van der Waals surface area contributed by atoms with Crippen LogP contribution < -0.4 is 18.9 Å². The summed E-state index contributed by atoms with van der Waals surface area (Å²) in [6, 6.07) is 23.1. The summed E-state index contributed by atoms with van der Waals surface area (Å²) in [5, 5.41) is 10.8. The SMILES string of the molecule is COc1ccc(CCN(C)C(=O)C(C)(C)C(C#N)(c2ccccc2)c2ccc(OC)c(OC)c2)cc1OC. The molecule has 0 aliphatic carbocycles. The predicted octanol–water partition coefficient (Wildman–Crippen LogP) is 5.26. The molecule has 1 amide bonds. The lowest BCUT2D eigenvalue weighted by Gasteiger charge is -2.43. The molecule has 1 atom stereocenters. The van der Waals surface area contributed by atoms with E-state index in [1.165, 1.54) is 0 Å². The van der Waals surface area contributed by atoms with Crippen LogP contribution >= 0.6 is 0 Å². The molecule has 3 aromatic carbocycles. The minimum absolute atomic E-state index is 0.154. The van der Waals surface area contributed by atoms with Crippen molar-refractivity contribution in [3.05, 3.63) is 83.4 Å². The molecule has 0 bridgehead atoms. The van der Waals surface area contributed by atoms with Gasteiger partial charge in [0.15, 0.2) is 23.0 Å². The Morgan fingerprint density at radius 2 is 1.34 bits per heavy atom. The fourth-order valence-electron chi connectivity index (χ4n) is 4.99. The quantitative estimate of drug-likeness (QED) is 0.346. The van der Waals surface area contributed by atoms with Gasteiger partial charge in [0.05, 0.1) is 39.9 Å². The Bertz CT molecular complexity index is 1300. The van der Waals surface area contributed by atoms with Crippen LogP contribution in [0.5, 0.6) is 23.0 Å². The van der Waals surface area contributed by atoms with Gasteiger partial charge >= 0.3 is 0 Å². The molecule has 7 heteroatoms. The lowest BCUT2D eigenvalue weighted by Crippen LogP contribution is -2.52. The number of nitrogens with zero attached hydrogens (tertiary/aromatic N) is 2. The van der Waals surface area contributed by atoms with E-state index in [0.29, 0.717) is 41.5 Å². The van der Waals surface area contributed by atoms with Crippen LogP contribution in [0.3, 0.4) is 0 Å². The second kappa shape index (κ2) is 11.9. The van der Waals surface area contributed by atoms with Crippen LogP contribution in [0.15, 0.2) is 66.7 Å². The summed E-state index contributed by atoms with van der Waals surface area (Å²) >= 11 is 0. The van der Waals surface area contributed by atoms with Gasteiger partial charge in [-0.15, -0.1) is 0 Å². The number of carbonyl (C=O) groups is 1. The molecule has 7 nitrogen and oxygen atoms in total. The lowest BCUT2D eigenvalue weighted by molar-refractivity contribution is -0.141. The van der Waals surface area contributed by atoms with E-state index in [1.54, 1.807) is 52.5 Å². The average molecular weight is 517 g/mol. The van der Waals surface area contributed by atoms with Gasteiger partial charge in [0.25, 0.3) is 0 Å². The third-order valence-corrected chi connectivity index (χ3v) is 7.19. The first-order chi connectivity index (χ1) is 18.2. The Kier molecular flexibility index (Phi) is 8.90. The minimum Gasteiger partial charge on any atom is -0.493 e. The van der Waals surface area contributed by atoms with Crippen LogP contribution in [0.2, 0.25) is 0 Å². The molecular weight excluding hydrogens is 480 g/mol. The first-order valence-electron chi connectivity index (χ1n) is 12.4. The van der Waals surface area contributed by atoms with Crippen LogP contribution in [0.1, 0.15) is 30.5 Å². The lowest BCUT2D eigenvalue weighted by atomic mass is 9.58. The third kappa shape index (κ3) is 5.12. The molecule has 0 saturated carbocycles. The highest BCUT2D eigenvalue weighted by Crippen LogP contribution is 2.49. The van der Waals surface area contributed by atoms with E-state index in [-0.39, 0.29) is 5.91 Å². The zero-order chi connectivity index (χ0) is 27.9. The zero-order valence-electron chi connectivity index (χ0n) is 23.2. The van der Waals surface area contributed by atoms with E-state index >= 15 is 0 Å². The number of hydrogen-bond donors (Lipinski definition) is 0. The number of ether oxygens (including phenoxy) is 4. The molecule has 0 heterocycles. The van der Waals surface area contributed by atoms with Gasteiger partial charge in [-0.3, -0.25) is 4.79 Å². The van der Waals surface area contributed by atoms with Gasteiger partial charge in [-0.2, -0.15) is 5.26 Å². The molecule has 3 rings (SSSR count). The second-order valence-electron chi connectivity index (χ2n) is 9.59. The Hall–Kier alpha value is -4.18. The van der Waals surface area contributed by atoms with Gasteiger partial charge in [-0.05, 0) is 61.2 Å². The van der Waals surface area contributed by atoms with E-state index in [0.717, 1.165) is 11.1 Å². The molecule has 0 saturated heterocycles. The summed E-state index contributed by atoms with van der Waals surface area (Å²) in [6.45, 7) is 4.12. The van der Waals surface area contributed by atoms with Crippen molar-refractivity contribution in [3.8, 4) is 29.1 Å². The highest BCUT2D eigenvalue weighted by atomic mass is 16.5. The third-order valence-electron chi connectivity index (χ3n) is 7.19. The van der Waals surface area contributed by atoms with Crippen LogP contribution in [0.4, 0.5) is 0 Å². The van der Waals surface area contributed by atoms with Gasteiger partial charge in [-0.25, -0.2) is 0 Å². The van der Waals surface area contributed by atoms with Crippen molar-refractivity contribution in [2.75, 3.05) is 42.0 Å². The molecule has 0 fully saturated rings. The van der Waals surface area contributed by atoms with Crippen molar-refractivity contribution in [3.63, 3.8) is 0 Å². The Balaban J connectivity index is 2.02. The summed E-state index contributed by atoms with van der Waals surface area (Å²) in [7, 11) is 8.08. The van der Waals surface area contributed by atoms with Crippen LogP contribution in [0, 0.1) is 16.7 Å². The number of benzene rings is 3. The van der Waals surface area contributed by atoms with Crippen molar-refractivity contribution in [2.24, 2.45) is 5.41 Å². The fraction of sp³-hybridized carbons (Fsp3) is 0.355. The predicted molar refractivity (Wildman–Crippen MR) is 147 cm³/mol. The van der Waals surface area contributed by atoms with Crippen molar-refractivity contribution in [1.82, 2.24) is 4.90 Å². The maximum absolute atomic E-state index is 14.1. The van der Waals surface area contributed by atoms with Crippen molar-refractivity contribution < 1.29 is 23.7 Å². The summed E-state index contributed by atoms with van der Waals surface area (Å²) in [4.78, 5) is 15.8. The van der Waals surface area contributed by atoms with E-state index in [2.05, 4.69) is 6.07 Å². The zero-order valence-corrected chi connectivity index (χ0v) is 23.2. The Labute approximate surface area is 225 Å². The molecule has 0 aromatic heterocycles. The molecule has 38 heavy (non-hydrogen) atoms. The monoisotopic (exact) mass is 516 g/mol. The number of hydrogen-bond acceptors (Lipinski definition) is 6. The highest BCUT2D eigenvalue weighted by Gasteiger charge is 2.54. The molecule has 1 unspecified atom stereocenters. The maximum Gasteiger partial charge on any atom is 0.230 e. The van der Waals surface area contributed by atoms with Gasteiger partial charge in [0, 0.05) is 13.6 Å². The molecule has 3 aromatic rings. The first-order valence-corrected chi connectivity index (χ1v) is 12.4. The number of methoxy groups -OCH3 is 4. The number of amides is 1. The molecule has 0 aliphatic rings. The molecule has 0 aliphatic heterocycles. The number of likely N-dealkylation sites (N-methyl/N-ethyl adjacent to an activating group) is 1. The van der Waals surface area contributed by atoms with Crippen LogP contribution in [-0.2, 0) is 16.6 Å². The van der Waals surface area contributed by atoms with E-state index in [4.69, 9.17) is 18.9 Å². The number of carbonyl (C=O) groups excluding carboxylic acids is 1. The van der Waals surface area contributed by atoms with Crippen LogP contribution in [-0.4, -0.2) is 52.8 Å². The van der Waals surface area contributed by atoms with Crippen molar-refractivity contribution in [2.45, 2.75) is 25.7 Å². The molecule has 0 N–H and O–H groups in total. The van der Waals surface area contributed by atoms with Crippen molar-refractivity contribution in [1.29, 1.82) is 5.26 Å². The normalized spacial score (nSPS) is 12.6. The van der Waals surface area contributed by atoms with Gasteiger partial charge in [-0.1, -0.05) is 42.5 Å². The fourth-order valence-corrected chi connectivity index (χ4v) is 4.99. The first kappa shape index (κ1) is 28.4. The number of nitriles is 1. The maximum atomic E-state index is 14.1. The number of rotatable bonds is 11. The standard InChI is InChI=1S/C31H36N2O5/c1-30(2,29(34)33(3)18-17-22-13-15-25(35-4)27(19-22)37-6)31(21-32,23-11-9-8-10-12-23)24-14-16-26(36-5)28(20-24)38-7/h8-16,19-20H,17-18H2,1-7H3. The Morgan fingerprint density at radius 1 is 0.789 bits per heavy atom. The smallest absolute Gasteiger partial charge is 0.230 e. The molecule has 0 radical (unpaired) electrons. The van der Waals surface area contributed by atoms with Gasteiger partial charge in [0.2, 0.25) is 5.91 Å². The molecular formula is C31H36N2O5. The van der Waals surface area contributed by atoms with E-state index in [9.17, 15) is 10.1 Å². The van der Waals surface area contributed by atoms with E-state index < -0.39 is 10.8 Å². The van der Waals surface area contributed by atoms with Gasteiger partial charge < -0.3 is 23.8 Å². The summed E-state index contributed by atoms with van der Waals surface area (Å²) < 4.78 is 21.7. The topological polar surface area (TPSA) is 81.0 Å². The average Bonchev–Trinajstić information content (AvgIpc) is 2.96. The van der Waals surface area contributed by atoms with E-state index in [1.807, 2.05) is 68.4 Å². The Morgan fingerprint density at radius 3 is 1.89 bits per heavy atom. The summed E-state index contributed by atoms with van der Waals surface area (Å²) in [5.74, 6) is 2.18. The van der Waals surface area contributed by atoms with Crippen molar-refractivity contribution >= 4 is 5.91 Å². The highest BCUT2D eigenvalue weighted by molar-refractivity contribution is 5.86.